The number of aliphatic hydroxyl groups excluding tert-OH is 1. The van der Waals surface area contributed by atoms with Gasteiger partial charge in [0.2, 0.25) is 5.91 Å². The normalized spacial score (nSPS) is 34.3. The first kappa shape index (κ1) is 36.6. The number of thioether (sulfide) groups is 1. The first-order chi connectivity index (χ1) is 23.8. The quantitative estimate of drug-likeness (QED) is 0.168. The Morgan fingerprint density at radius 1 is 1.08 bits per heavy atom. The number of aryl methyl sites for hydroxylation is 1. The molecular weight excluding hydrogens is 647 g/mol. The van der Waals surface area contributed by atoms with Gasteiger partial charge in [0.25, 0.3) is 0 Å². The summed E-state index contributed by atoms with van der Waals surface area (Å²) in [7, 11) is 0. The SMILES string of the molecule is C=C[C@]1(C)C[C@@H](OC(=O)CSc2ccccc2NC(=O)CN2CCN(c3cccc(C)c3)CC2)[C@]2(C)[C@H](C)CC[C@]3(CCC(=O)[C@H]32)[C@@H](C)[C@@H]1O. The number of piperazine rings is 1. The largest absolute Gasteiger partial charge is 0.461 e. The summed E-state index contributed by atoms with van der Waals surface area (Å²) in [5.74, 6) is -0.306. The van der Waals surface area contributed by atoms with Crippen LogP contribution in [0.3, 0.4) is 0 Å². The number of rotatable bonds is 9. The van der Waals surface area contributed by atoms with Crippen molar-refractivity contribution < 1.29 is 24.2 Å². The summed E-state index contributed by atoms with van der Waals surface area (Å²) in [6.07, 6.45) is 4.09. The van der Waals surface area contributed by atoms with Crippen molar-refractivity contribution in [3.05, 3.63) is 66.7 Å². The highest BCUT2D eigenvalue weighted by Gasteiger charge is 2.68. The van der Waals surface area contributed by atoms with Crippen molar-refractivity contribution in [3.63, 3.8) is 0 Å². The Balaban J connectivity index is 1.10. The molecule has 1 aliphatic heterocycles. The van der Waals surface area contributed by atoms with Crippen LogP contribution in [0.2, 0.25) is 0 Å². The van der Waals surface area contributed by atoms with Crippen LogP contribution in [-0.4, -0.2) is 78.4 Å². The van der Waals surface area contributed by atoms with Crippen molar-refractivity contribution in [2.45, 2.75) is 83.8 Å². The molecule has 3 aliphatic carbocycles. The number of nitrogens with zero attached hydrogens (tertiary/aromatic N) is 2. The van der Waals surface area contributed by atoms with Crippen LogP contribution in [0.4, 0.5) is 11.4 Å². The first-order valence-electron chi connectivity index (χ1n) is 18.4. The Morgan fingerprint density at radius 2 is 1.82 bits per heavy atom. The van der Waals surface area contributed by atoms with Crippen molar-refractivity contribution in [2.24, 2.45) is 34.0 Å². The summed E-state index contributed by atoms with van der Waals surface area (Å²) in [6.45, 7) is 18.3. The maximum Gasteiger partial charge on any atom is 0.316 e. The van der Waals surface area contributed by atoms with Crippen LogP contribution in [0, 0.1) is 40.9 Å². The third kappa shape index (κ3) is 6.78. The van der Waals surface area contributed by atoms with Crippen molar-refractivity contribution in [2.75, 3.05) is 48.7 Å². The lowest BCUT2D eigenvalue weighted by Crippen LogP contribution is -2.63. The molecule has 0 unspecified atom stereocenters. The number of para-hydroxylation sites is 1. The highest BCUT2D eigenvalue weighted by molar-refractivity contribution is 8.00. The van der Waals surface area contributed by atoms with Gasteiger partial charge >= 0.3 is 5.97 Å². The minimum Gasteiger partial charge on any atom is -0.461 e. The van der Waals surface area contributed by atoms with Gasteiger partial charge in [-0.05, 0) is 79.7 Å². The molecule has 0 aromatic heterocycles. The molecule has 2 aromatic rings. The van der Waals surface area contributed by atoms with Gasteiger partial charge in [0.05, 0.1) is 24.1 Å². The molecular formula is C41H55N3O5S. The average molecular weight is 702 g/mol. The van der Waals surface area contributed by atoms with Crippen molar-refractivity contribution in [1.82, 2.24) is 4.90 Å². The Kier molecular flexibility index (Phi) is 10.6. The molecule has 3 saturated carbocycles. The van der Waals surface area contributed by atoms with Crippen molar-refractivity contribution in [3.8, 4) is 0 Å². The summed E-state index contributed by atoms with van der Waals surface area (Å²) in [4.78, 5) is 46.0. The van der Waals surface area contributed by atoms with Crippen LogP contribution in [0.1, 0.15) is 65.4 Å². The number of carbonyl (C=O) groups is 3. The molecule has 1 saturated heterocycles. The lowest BCUT2D eigenvalue weighted by atomic mass is 9.44. The van der Waals surface area contributed by atoms with E-state index in [0.29, 0.717) is 25.1 Å². The Morgan fingerprint density at radius 3 is 2.54 bits per heavy atom. The molecule has 0 spiro atoms. The fourth-order valence-electron chi connectivity index (χ4n) is 9.91. The topological polar surface area (TPSA) is 99.2 Å². The zero-order valence-corrected chi connectivity index (χ0v) is 31.3. The van der Waals surface area contributed by atoms with E-state index in [1.165, 1.54) is 23.0 Å². The number of ether oxygens (including phenoxy) is 1. The predicted molar refractivity (Wildman–Crippen MR) is 200 cm³/mol. The number of nitrogens with one attached hydrogen (secondary N) is 1. The van der Waals surface area contributed by atoms with E-state index < -0.39 is 23.0 Å². The summed E-state index contributed by atoms with van der Waals surface area (Å²) < 4.78 is 6.44. The zero-order chi connectivity index (χ0) is 35.8. The maximum absolute atomic E-state index is 13.7. The number of hydrogen-bond donors (Lipinski definition) is 2. The summed E-state index contributed by atoms with van der Waals surface area (Å²) in [6, 6.07) is 16.1. The van der Waals surface area contributed by atoms with Crippen LogP contribution in [0.5, 0.6) is 0 Å². The number of aliphatic hydroxyl groups is 1. The Bertz CT molecular complexity index is 1610. The molecule has 4 fully saturated rings. The summed E-state index contributed by atoms with van der Waals surface area (Å²) >= 11 is 1.34. The molecule has 1 heterocycles. The predicted octanol–water partition coefficient (Wildman–Crippen LogP) is 6.75. The standard InChI is InChI=1S/C41H55N3O5S/c1-7-39(5)24-34(40(6)28(3)15-17-41(29(4)38(39)48)18-16-32(45)37(40)41)49-36(47)26-50-33-14-9-8-13-31(33)42-35(46)25-43-19-21-44(22-20-43)30-12-10-11-27(2)23-30/h7-14,23,28-29,34,37-38,48H,1,15-22,24-26H2,2-6H3,(H,42,46)/t28-,29+,34-,37+,38+,39-,40+,41+/m1/s1. The number of ketones is 1. The van der Waals surface area contributed by atoms with Crippen LogP contribution >= 0.6 is 11.8 Å². The van der Waals surface area contributed by atoms with E-state index in [4.69, 9.17) is 4.74 Å². The number of carbonyl (C=O) groups excluding carboxylic acids is 3. The smallest absolute Gasteiger partial charge is 0.316 e. The average Bonchev–Trinajstić information content (AvgIpc) is 3.46. The molecule has 1 amide bonds. The van der Waals surface area contributed by atoms with Gasteiger partial charge in [-0.3, -0.25) is 19.3 Å². The van der Waals surface area contributed by atoms with Gasteiger partial charge < -0.3 is 20.1 Å². The molecule has 2 bridgehead atoms. The molecule has 8 atom stereocenters. The van der Waals surface area contributed by atoms with Gasteiger partial charge in [-0.15, -0.1) is 18.3 Å². The highest BCUT2D eigenvalue weighted by Crippen LogP contribution is 2.68. The van der Waals surface area contributed by atoms with E-state index in [0.717, 1.165) is 50.3 Å². The van der Waals surface area contributed by atoms with Gasteiger partial charge in [0.15, 0.2) is 0 Å². The van der Waals surface area contributed by atoms with Gasteiger partial charge in [-0.1, -0.05) is 58.0 Å². The fourth-order valence-corrected chi connectivity index (χ4v) is 10.7. The lowest BCUT2D eigenvalue weighted by Gasteiger charge is -2.61. The monoisotopic (exact) mass is 701 g/mol. The molecule has 2 aromatic carbocycles. The number of anilines is 2. The second kappa shape index (κ2) is 14.5. The van der Waals surface area contributed by atoms with Crippen LogP contribution in [-0.2, 0) is 19.1 Å². The van der Waals surface area contributed by atoms with Crippen LogP contribution in [0.15, 0.2) is 66.1 Å². The maximum atomic E-state index is 13.7. The summed E-state index contributed by atoms with van der Waals surface area (Å²) in [5, 5.41) is 14.9. The number of esters is 1. The number of benzene rings is 2. The second-order valence-corrected chi connectivity index (χ2v) is 17.0. The van der Waals surface area contributed by atoms with Crippen molar-refractivity contribution in [1.29, 1.82) is 0 Å². The molecule has 270 valence electrons. The van der Waals surface area contributed by atoms with E-state index in [2.05, 4.69) is 73.7 Å². The number of Topliss-reactive ketones (excluding diaryl/α,β-unsaturated/α-hetero) is 1. The fraction of sp³-hybridized carbons (Fsp3) is 0.585. The second-order valence-electron chi connectivity index (χ2n) is 16.0. The van der Waals surface area contributed by atoms with E-state index in [9.17, 15) is 19.5 Å². The first-order valence-corrected chi connectivity index (χ1v) is 19.4. The minimum absolute atomic E-state index is 0.0578. The molecule has 0 radical (unpaired) electrons. The molecule has 9 heteroatoms. The van der Waals surface area contributed by atoms with Crippen molar-refractivity contribution >= 4 is 40.8 Å². The molecule has 4 aliphatic rings. The molecule has 50 heavy (non-hydrogen) atoms. The molecule has 6 rings (SSSR count). The van der Waals surface area contributed by atoms with E-state index in [1.807, 2.05) is 37.3 Å². The van der Waals surface area contributed by atoms with Gasteiger partial charge in [-0.25, -0.2) is 0 Å². The summed E-state index contributed by atoms with van der Waals surface area (Å²) in [5.41, 5.74) is 1.59. The van der Waals surface area contributed by atoms with E-state index >= 15 is 0 Å². The third-order valence-corrected chi connectivity index (χ3v) is 14.2. The third-order valence-electron chi connectivity index (χ3n) is 13.2. The molecule has 8 nitrogen and oxygen atoms in total. The minimum atomic E-state index is -0.700. The van der Waals surface area contributed by atoms with Gasteiger partial charge in [-0.2, -0.15) is 0 Å². The van der Waals surface area contributed by atoms with Gasteiger partial charge in [0.1, 0.15) is 11.9 Å². The highest BCUT2D eigenvalue weighted by atomic mass is 32.2. The van der Waals surface area contributed by atoms with E-state index in [-0.39, 0.29) is 46.6 Å². The van der Waals surface area contributed by atoms with E-state index in [1.54, 1.807) is 0 Å². The lowest BCUT2D eigenvalue weighted by molar-refractivity contribution is -0.205. The van der Waals surface area contributed by atoms with Crippen LogP contribution < -0.4 is 10.2 Å². The Labute approximate surface area is 302 Å². The zero-order valence-electron chi connectivity index (χ0n) is 30.5. The van der Waals surface area contributed by atoms with Gasteiger partial charge in [0, 0.05) is 59.9 Å². The van der Waals surface area contributed by atoms with Crippen LogP contribution in [0.25, 0.3) is 0 Å². The number of amides is 1. The number of hydrogen-bond acceptors (Lipinski definition) is 8. The molecule has 2 N–H and O–H groups in total. The Hall–Kier alpha value is -3.14.